The average molecular weight is 292 g/mol. The maximum atomic E-state index is 6.08. The second kappa shape index (κ2) is 5.71. The molecule has 1 aromatic rings. The number of aryl methyl sites for hydroxylation is 1. The molecule has 0 aliphatic carbocycles. The fraction of sp³-hybridized carbons (Fsp3) is 0.545. The Kier molecular flexibility index (Phi) is 4.87. The van der Waals surface area contributed by atoms with Crippen molar-refractivity contribution in [3.63, 3.8) is 0 Å². The number of alkyl halides is 1. The molecule has 2 nitrogen and oxygen atoms in total. The largest absolute Gasteiger partial charge is 0.365 e. The molecule has 0 saturated heterocycles. The standard InChI is InChI=1S/C11H16BrClN2/c1-4-9(8(3)13)15-11-10(12)7(2)5-6-14-11/h5-6,8-9H,4H2,1-3H3,(H,14,15). The lowest BCUT2D eigenvalue weighted by atomic mass is 10.1. The van der Waals surface area contributed by atoms with E-state index in [1.807, 2.05) is 19.9 Å². The number of hydrogen-bond acceptors (Lipinski definition) is 2. The third-order valence-electron chi connectivity index (χ3n) is 2.40. The number of hydrogen-bond donors (Lipinski definition) is 1. The smallest absolute Gasteiger partial charge is 0.140 e. The van der Waals surface area contributed by atoms with Crippen LogP contribution >= 0.6 is 27.5 Å². The van der Waals surface area contributed by atoms with E-state index in [-0.39, 0.29) is 11.4 Å². The molecule has 0 saturated carbocycles. The van der Waals surface area contributed by atoms with Crippen molar-refractivity contribution >= 4 is 33.3 Å². The Hall–Kier alpha value is -0.280. The normalized spacial score (nSPS) is 14.7. The number of nitrogens with one attached hydrogen (secondary N) is 1. The van der Waals surface area contributed by atoms with Gasteiger partial charge in [-0.15, -0.1) is 11.6 Å². The molecule has 1 aromatic heterocycles. The summed E-state index contributed by atoms with van der Waals surface area (Å²) in [6.45, 7) is 6.15. The Balaban J connectivity index is 2.84. The highest BCUT2D eigenvalue weighted by Crippen LogP contribution is 2.25. The summed E-state index contributed by atoms with van der Waals surface area (Å²) >= 11 is 9.60. The molecule has 0 spiro atoms. The molecule has 0 bridgehead atoms. The Labute approximate surface area is 105 Å². The molecule has 1 N–H and O–H groups in total. The lowest BCUT2D eigenvalue weighted by molar-refractivity contribution is 0.675. The van der Waals surface area contributed by atoms with Crippen LogP contribution < -0.4 is 5.32 Å². The van der Waals surface area contributed by atoms with Gasteiger partial charge in [-0.1, -0.05) is 6.92 Å². The van der Waals surface area contributed by atoms with E-state index in [1.54, 1.807) is 6.20 Å². The van der Waals surface area contributed by atoms with Crippen molar-refractivity contribution < 1.29 is 0 Å². The Morgan fingerprint density at radius 2 is 2.27 bits per heavy atom. The first-order valence-corrected chi connectivity index (χ1v) is 6.31. The van der Waals surface area contributed by atoms with E-state index in [0.717, 1.165) is 16.7 Å². The molecular weight excluding hydrogens is 275 g/mol. The van der Waals surface area contributed by atoms with Crippen molar-refractivity contribution in [2.24, 2.45) is 0 Å². The van der Waals surface area contributed by atoms with E-state index in [2.05, 4.69) is 33.2 Å². The maximum Gasteiger partial charge on any atom is 0.140 e. The van der Waals surface area contributed by atoms with Gasteiger partial charge >= 0.3 is 0 Å². The van der Waals surface area contributed by atoms with Crippen LogP contribution in [0.25, 0.3) is 0 Å². The van der Waals surface area contributed by atoms with Crippen LogP contribution in [0.1, 0.15) is 25.8 Å². The van der Waals surface area contributed by atoms with E-state index in [9.17, 15) is 0 Å². The van der Waals surface area contributed by atoms with E-state index in [4.69, 9.17) is 11.6 Å². The van der Waals surface area contributed by atoms with E-state index < -0.39 is 0 Å². The van der Waals surface area contributed by atoms with Crippen molar-refractivity contribution in [3.05, 3.63) is 22.3 Å². The van der Waals surface area contributed by atoms with Crippen LogP contribution in [0.5, 0.6) is 0 Å². The fourth-order valence-electron chi connectivity index (χ4n) is 1.36. The first-order valence-electron chi connectivity index (χ1n) is 5.08. The average Bonchev–Trinajstić information content (AvgIpc) is 2.19. The van der Waals surface area contributed by atoms with Crippen molar-refractivity contribution in [2.45, 2.75) is 38.6 Å². The third kappa shape index (κ3) is 3.35. The molecule has 1 heterocycles. The van der Waals surface area contributed by atoms with Gasteiger partial charge in [-0.05, 0) is 47.8 Å². The molecule has 0 aromatic carbocycles. The minimum absolute atomic E-state index is 0.0872. The Bertz CT molecular complexity index is 328. The van der Waals surface area contributed by atoms with Crippen molar-refractivity contribution in [1.29, 1.82) is 0 Å². The topological polar surface area (TPSA) is 24.9 Å². The van der Waals surface area contributed by atoms with E-state index in [1.165, 1.54) is 5.56 Å². The lowest BCUT2D eigenvalue weighted by Crippen LogP contribution is -2.27. The molecule has 0 radical (unpaired) electrons. The number of nitrogens with zero attached hydrogens (tertiary/aromatic N) is 1. The predicted octanol–water partition coefficient (Wildman–Crippen LogP) is 3.97. The van der Waals surface area contributed by atoms with E-state index in [0.29, 0.717) is 0 Å². The maximum absolute atomic E-state index is 6.08. The highest BCUT2D eigenvalue weighted by Gasteiger charge is 2.14. The molecule has 0 aliphatic heterocycles. The number of aromatic nitrogens is 1. The number of halogens is 2. The quantitative estimate of drug-likeness (QED) is 0.849. The third-order valence-corrected chi connectivity index (χ3v) is 3.70. The zero-order chi connectivity index (χ0) is 11.4. The Morgan fingerprint density at radius 1 is 1.60 bits per heavy atom. The van der Waals surface area contributed by atoms with Crippen LogP contribution in [0.4, 0.5) is 5.82 Å². The summed E-state index contributed by atoms with van der Waals surface area (Å²) < 4.78 is 1.01. The van der Waals surface area contributed by atoms with Gasteiger partial charge in [0.1, 0.15) is 5.82 Å². The highest BCUT2D eigenvalue weighted by atomic mass is 79.9. The number of pyridine rings is 1. The SMILES string of the molecule is CCC(Nc1nccc(C)c1Br)C(C)Cl. The molecule has 2 atom stereocenters. The van der Waals surface area contributed by atoms with Gasteiger partial charge in [-0.3, -0.25) is 0 Å². The fourth-order valence-corrected chi connectivity index (χ4v) is 1.95. The van der Waals surface area contributed by atoms with Gasteiger partial charge in [-0.25, -0.2) is 4.98 Å². The van der Waals surface area contributed by atoms with Crippen LogP contribution in [-0.4, -0.2) is 16.4 Å². The molecule has 1 rings (SSSR count). The van der Waals surface area contributed by atoms with Crippen molar-refractivity contribution in [2.75, 3.05) is 5.32 Å². The second-order valence-electron chi connectivity index (χ2n) is 3.63. The monoisotopic (exact) mass is 290 g/mol. The number of rotatable bonds is 4. The van der Waals surface area contributed by atoms with Gasteiger partial charge in [0, 0.05) is 12.2 Å². The van der Waals surface area contributed by atoms with Gasteiger partial charge in [0.25, 0.3) is 0 Å². The van der Waals surface area contributed by atoms with Gasteiger partial charge in [0.15, 0.2) is 0 Å². The second-order valence-corrected chi connectivity index (χ2v) is 5.11. The molecule has 0 aliphatic rings. The highest BCUT2D eigenvalue weighted by molar-refractivity contribution is 9.10. The Morgan fingerprint density at radius 3 is 2.80 bits per heavy atom. The number of anilines is 1. The lowest BCUT2D eigenvalue weighted by Gasteiger charge is -2.20. The summed E-state index contributed by atoms with van der Waals surface area (Å²) in [5, 5.41) is 3.43. The zero-order valence-electron chi connectivity index (χ0n) is 9.22. The molecule has 15 heavy (non-hydrogen) atoms. The molecular formula is C11H16BrClN2. The predicted molar refractivity (Wildman–Crippen MR) is 69.7 cm³/mol. The zero-order valence-corrected chi connectivity index (χ0v) is 11.6. The van der Waals surface area contributed by atoms with Gasteiger partial charge in [0.05, 0.1) is 9.85 Å². The summed E-state index contributed by atoms with van der Waals surface area (Å²) in [4.78, 5) is 4.29. The molecule has 0 amide bonds. The van der Waals surface area contributed by atoms with Crippen LogP contribution in [-0.2, 0) is 0 Å². The van der Waals surface area contributed by atoms with Crippen LogP contribution in [0, 0.1) is 6.92 Å². The summed E-state index contributed by atoms with van der Waals surface area (Å²) in [6, 6.07) is 2.22. The van der Waals surface area contributed by atoms with E-state index >= 15 is 0 Å². The minimum Gasteiger partial charge on any atom is -0.365 e. The van der Waals surface area contributed by atoms with Gasteiger partial charge in [-0.2, -0.15) is 0 Å². The van der Waals surface area contributed by atoms with Crippen LogP contribution in [0.15, 0.2) is 16.7 Å². The first kappa shape index (κ1) is 12.8. The molecule has 0 fully saturated rings. The first-order chi connectivity index (χ1) is 7.06. The summed E-state index contributed by atoms with van der Waals surface area (Å²) in [5.41, 5.74) is 1.17. The van der Waals surface area contributed by atoms with Gasteiger partial charge in [0.2, 0.25) is 0 Å². The summed E-state index contributed by atoms with van der Waals surface area (Å²) in [7, 11) is 0. The molecule has 4 heteroatoms. The summed E-state index contributed by atoms with van der Waals surface area (Å²) in [5.74, 6) is 0.870. The van der Waals surface area contributed by atoms with Crippen LogP contribution in [0.2, 0.25) is 0 Å². The van der Waals surface area contributed by atoms with Crippen LogP contribution in [0.3, 0.4) is 0 Å². The van der Waals surface area contributed by atoms with Crippen molar-refractivity contribution in [1.82, 2.24) is 4.98 Å². The summed E-state index contributed by atoms with van der Waals surface area (Å²) in [6.07, 6.45) is 2.78. The minimum atomic E-state index is 0.0872. The van der Waals surface area contributed by atoms with Gasteiger partial charge < -0.3 is 5.32 Å². The van der Waals surface area contributed by atoms with Crippen molar-refractivity contribution in [3.8, 4) is 0 Å². The molecule has 2 unspecified atom stereocenters. The molecule has 84 valence electrons.